The predicted octanol–water partition coefficient (Wildman–Crippen LogP) is 4.35. The second kappa shape index (κ2) is 6.74. The summed E-state index contributed by atoms with van der Waals surface area (Å²) in [4.78, 5) is 2.16. The molecule has 0 saturated carbocycles. The standard InChI is InChI=1S/C19H24N2/c1-4-12-19(15-20,13-14-21(2)3)18-11-7-9-16-8-5-6-10-17(16)18/h5-11H,4,12-14H2,1-3H3/t19-/m1/s1. The SMILES string of the molecule is CCC[C@](C#N)(CCN(C)C)c1cccc2ccccc12. The summed E-state index contributed by atoms with van der Waals surface area (Å²) >= 11 is 0. The summed E-state index contributed by atoms with van der Waals surface area (Å²) in [5.74, 6) is 0. The number of hydrogen-bond donors (Lipinski definition) is 0. The fraction of sp³-hybridized carbons (Fsp3) is 0.421. The molecular formula is C19H24N2. The minimum absolute atomic E-state index is 0.389. The van der Waals surface area contributed by atoms with Crippen LogP contribution in [0.5, 0.6) is 0 Å². The Labute approximate surface area is 128 Å². The number of hydrogen-bond acceptors (Lipinski definition) is 2. The van der Waals surface area contributed by atoms with Crippen molar-refractivity contribution in [3.05, 3.63) is 48.0 Å². The zero-order valence-electron chi connectivity index (χ0n) is 13.3. The molecule has 0 N–H and O–H groups in total. The maximum absolute atomic E-state index is 9.96. The second-order valence-corrected chi connectivity index (χ2v) is 6.02. The molecule has 110 valence electrons. The Bertz CT molecular complexity index is 634. The highest BCUT2D eigenvalue weighted by molar-refractivity contribution is 5.87. The van der Waals surface area contributed by atoms with E-state index in [2.05, 4.69) is 74.5 Å². The molecule has 2 rings (SSSR count). The summed E-state index contributed by atoms with van der Waals surface area (Å²) in [6.45, 7) is 3.09. The smallest absolute Gasteiger partial charge is 0.0840 e. The van der Waals surface area contributed by atoms with Crippen molar-refractivity contribution >= 4 is 10.8 Å². The molecule has 0 bridgehead atoms. The quantitative estimate of drug-likeness (QED) is 0.786. The first-order valence-corrected chi connectivity index (χ1v) is 7.67. The van der Waals surface area contributed by atoms with E-state index in [1.807, 2.05) is 0 Å². The predicted molar refractivity (Wildman–Crippen MR) is 89.3 cm³/mol. The van der Waals surface area contributed by atoms with Crippen LogP contribution in [-0.2, 0) is 5.41 Å². The largest absolute Gasteiger partial charge is 0.309 e. The van der Waals surface area contributed by atoms with Crippen LogP contribution in [0.3, 0.4) is 0 Å². The molecule has 21 heavy (non-hydrogen) atoms. The lowest BCUT2D eigenvalue weighted by atomic mass is 9.73. The van der Waals surface area contributed by atoms with Crippen molar-refractivity contribution in [2.24, 2.45) is 0 Å². The van der Waals surface area contributed by atoms with Gasteiger partial charge in [0.1, 0.15) is 0 Å². The Morgan fingerprint density at radius 2 is 1.76 bits per heavy atom. The van der Waals surface area contributed by atoms with E-state index in [9.17, 15) is 5.26 Å². The lowest BCUT2D eigenvalue weighted by molar-refractivity contribution is 0.342. The summed E-state index contributed by atoms with van der Waals surface area (Å²) in [5, 5.41) is 12.4. The van der Waals surface area contributed by atoms with Gasteiger partial charge in [-0.15, -0.1) is 0 Å². The van der Waals surface area contributed by atoms with Gasteiger partial charge < -0.3 is 4.90 Å². The van der Waals surface area contributed by atoms with Gasteiger partial charge in [0, 0.05) is 0 Å². The Balaban J connectivity index is 2.55. The molecule has 0 radical (unpaired) electrons. The van der Waals surface area contributed by atoms with Crippen molar-refractivity contribution in [1.82, 2.24) is 4.90 Å². The van der Waals surface area contributed by atoms with Gasteiger partial charge in [-0.05, 0) is 49.8 Å². The molecule has 0 aromatic heterocycles. The Hall–Kier alpha value is -1.85. The number of nitrogens with zero attached hydrogens (tertiary/aromatic N) is 2. The molecule has 1 atom stereocenters. The average molecular weight is 280 g/mol. The highest BCUT2D eigenvalue weighted by atomic mass is 15.0. The third-order valence-corrected chi connectivity index (χ3v) is 4.18. The van der Waals surface area contributed by atoms with Crippen molar-refractivity contribution < 1.29 is 0 Å². The maximum Gasteiger partial charge on any atom is 0.0840 e. The zero-order chi connectivity index (χ0) is 15.3. The van der Waals surface area contributed by atoms with Gasteiger partial charge in [0.15, 0.2) is 0 Å². The van der Waals surface area contributed by atoms with E-state index in [-0.39, 0.29) is 5.41 Å². The van der Waals surface area contributed by atoms with Gasteiger partial charge in [-0.25, -0.2) is 0 Å². The molecule has 0 heterocycles. The highest BCUT2D eigenvalue weighted by Gasteiger charge is 2.32. The summed E-state index contributed by atoms with van der Waals surface area (Å²) in [7, 11) is 4.13. The number of fused-ring (bicyclic) bond motifs is 1. The topological polar surface area (TPSA) is 27.0 Å². The molecule has 0 aliphatic carbocycles. The zero-order valence-corrected chi connectivity index (χ0v) is 13.3. The first-order valence-electron chi connectivity index (χ1n) is 7.67. The third kappa shape index (κ3) is 3.25. The van der Waals surface area contributed by atoms with E-state index in [1.54, 1.807) is 0 Å². The van der Waals surface area contributed by atoms with Gasteiger partial charge in [0.25, 0.3) is 0 Å². The van der Waals surface area contributed by atoms with Crippen LogP contribution in [0.25, 0.3) is 10.8 Å². The van der Waals surface area contributed by atoms with Crippen LogP contribution in [0.1, 0.15) is 31.7 Å². The summed E-state index contributed by atoms with van der Waals surface area (Å²) in [6.07, 6.45) is 2.80. The Kier molecular flexibility index (Phi) is 4.98. The van der Waals surface area contributed by atoms with E-state index < -0.39 is 0 Å². The second-order valence-electron chi connectivity index (χ2n) is 6.02. The van der Waals surface area contributed by atoms with Gasteiger partial charge in [-0.2, -0.15) is 5.26 Å². The number of nitriles is 1. The molecule has 0 fully saturated rings. The van der Waals surface area contributed by atoms with E-state index in [0.717, 1.165) is 25.8 Å². The Morgan fingerprint density at radius 3 is 2.43 bits per heavy atom. The van der Waals surface area contributed by atoms with Crippen LogP contribution < -0.4 is 0 Å². The van der Waals surface area contributed by atoms with Gasteiger partial charge in [-0.3, -0.25) is 0 Å². The molecule has 0 saturated heterocycles. The molecule has 2 nitrogen and oxygen atoms in total. The van der Waals surface area contributed by atoms with Crippen LogP contribution in [0.15, 0.2) is 42.5 Å². The minimum atomic E-state index is -0.389. The van der Waals surface area contributed by atoms with Crippen molar-refractivity contribution in [1.29, 1.82) is 5.26 Å². The monoisotopic (exact) mass is 280 g/mol. The van der Waals surface area contributed by atoms with Crippen LogP contribution >= 0.6 is 0 Å². The van der Waals surface area contributed by atoms with Crippen molar-refractivity contribution in [3.8, 4) is 6.07 Å². The Morgan fingerprint density at radius 1 is 1.05 bits per heavy atom. The fourth-order valence-corrected chi connectivity index (χ4v) is 3.05. The van der Waals surface area contributed by atoms with Crippen molar-refractivity contribution in [2.45, 2.75) is 31.6 Å². The third-order valence-electron chi connectivity index (χ3n) is 4.18. The number of benzene rings is 2. The van der Waals surface area contributed by atoms with Crippen LogP contribution in [-0.4, -0.2) is 25.5 Å². The van der Waals surface area contributed by atoms with Gasteiger partial charge in [0.05, 0.1) is 11.5 Å². The molecule has 2 aromatic rings. The van der Waals surface area contributed by atoms with Crippen LogP contribution in [0.4, 0.5) is 0 Å². The van der Waals surface area contributed by atoms with E-state index >= 15 is 0 Å². The fourth-order valence-electron chi connectivity index (χ4n) is 3.05. The number of rotatable bonds is 6. The van der Waals surface area contributed by atoms with E-state index in [0.29, 0.717) is 0 Å². The maximum atomic E-state index is 9.96. The highest BCUT2D eigenvalue weighted by Crippen LogP contribution is 2.37. The van der Waals surface area contributed by atoms with Crippen molar-refractivity contribution in [2.75, 3.05) is 20.6 Å². The lowest BCUT2D eigenvalue weighted by Crippen LogP contribution is -2.29. The molecule has 2 heteroatoms. The normalized spacial score (nSPS) is 14.0. The van der Waals surface area contributed by atoms with Crippen LogP contribution in [0.2, 0.25) is 0 Å². The first kappa shape index (κ1) is 15.5. The van der Waals surface area contributed by atoms with Crippen LogP contribution in [0, 0.1) is 11.3 Å². The molecule has 0 amide bonds. The molecule has 0 aliphatic rings. The molecule has 0 spiro atoms. The minimum Gasteiger partial charge on any atom is -0.309 e. The molecule has 2 aromatic carbocycles. The van der Waals surface area contributed by atoms with E-state index in [4.69, 9.17) is 0 Å². The first-order chi connectivity index (χ1) is 10.1. The van der Waals surface area contributed by atoms with Gasteiger partial charge >= 0.3 is 0 Å². The molecular weight excluding hydrogens is 256 g/mol. The summed E-state index contributed by atoms with van der Waals surface area (Å²) in [5.41, 5.74) is 0.798. The molecule has 0 unspecified atom stereocenters. The van der Waals surface area contributed by atoms with Gasteiger partial charge in [0.2, 0.25) is 0 Å². The van der Waals surface area contributed by atoms with E-state index in [1.165, 1.54) is 16.3 Å². The average Bonchev–Trinajstić information content (AvgIpc) is 2.51. The molecule has 0 aliphatic heterocycles. The lowest BCUT2D eigenvalue weighted by Gasteiger charge is -2.29. The van der Waals surface area contributed by atoms with Gasteiger partial charge in [-0.1, -0.05) is 55.8 Å². The van der Waals surface area contributed by atoms with Crippen molar-refractivity contribution in [3.63, 3.8) is 0 Å². The summed E-state index contributed by atoms with van der Waals surface area (Å²) in [6, 6.07) is 17.4. The summed E-state index contributed by atoms with van der Waals surface area (Å²) < 4.78 is 0.